The van der Waals surface area contributed by atoms with Gasteiger partial charge >= 0.3 is 0 Å². The van der Waals surface area contributed by atoms with Crippen molar-refractivity contribution >= 4 is 17.6 Å². The highest BCUT2D eigenvalue weighted by Crippen LogP contribution is 2.45. The molecule has 0 unspecified atom stereocenters. The zero-order chi connectivity index (χ0) is 30.5. The summed E-state index contributed by atoms with van der Waals surface area (Å²) in [6.07, 6.45) is 12.0. The minimum atomic E-state index is -0.483. The molecule has 2 saturated carbocycles. The van der Waals surface area contributed by atoms with E-state index in [0.29, 0.717) is 12.2 Å². The van der Waals surface area contributed by atoms with Gasteiger partial charge in [-0.1, -0.05) is 0 Å². The van der Waals surface area contributed by atoms with E-state index in [1.165, 1.54) is 37.4 Å². The minimum absolute atomic E-state index is 0.000462. The lowest BCUT2D eigenvalue weighted by Crippen LogP contribution is -2.61. The molecule has 10 nitrogen and oxygen atoms in total. The van der Waals surface area contributed by atoms with Crippen molar-refractivity contribution in [1.29, 1.82) is 0 Å². The third kappa shape index (κ3) is 5.87. The van der Waals surface area contributed by atoms with Crippen LogP contribution in [0.1, 0.15) is 88.4 Å². The number of nitrogens with zero attached hydrogens (tertiary/aromatic N) is 6. The van der Waals surface area contributed by atoms with Crippen LogP contribution in [-0.4, -0.2) is 87.1 Å². The summed E-state index contributed by atoms with van der Waals surface area (Å²) in [4.78, 5) is 36.5. The van der Waals surface area contributed by atoms with Crippen LogP contribution in [0.5, 0.6) is 11.6 Å². The summed E-state index contributed by atoms with van der Waals surface area (Å²) < 4.78 is 20.5. The number of aromatic nitrogens is 3. The van der Waals surface area contributed by atoms with Crippen LogP contribution in [0, 0.1) is 17.2 Å². The fourth-order valence-electron chi connectivity index (χ4n) is 8.08. The van der Waals surface area contributed by atoms with Crippen LogP contribution in [0.15, 0.2) is 24.5 Å². The average Bonchev–Trinajstić information content (AvgIpc) is 3.76. The molecule has 5 fully saturated rings. The Bertz CT molecular complexity index is 1390. The van der Waals surface area contributed by atoms with Crippen molar-refractivity contribution in [2.24, 2.45) is 11.3 Å². The smallest absolute Gasteiger partial charge is 0.282 e. The fourth-order valence-corrected chi connectivity index (χ4v) is 8.08. The number of likely N-dealkylation sites (tertiary alicyclic amines) is 1. The van der Waals surface area contributed by atoms with Crippen LogP contribution in [0.25, 0.3) is 0 Å². The fraction of sp³-hybridized carbons (Fsp3) is 0.667. The van der Waals surface area contributed by atoms with Crippen LogP contribution < -0.4 is 15.0 Å². The van der Waals surface area contributed by atoms with Gasteiger partial charge in [-0.3, -0.25) is 9.59 Å². The average molecular weight is 606 g/mol. The van der Waals surface area contributed by atoms with Crippen LogP contribution in [0.4, 0.5) is 10.2 Å². The Balaban J connectivity index is 0.958. The molecule has 1 aromatic carbocycles. The number of ether oxygens (including phenoxy) is 1. The number of rotatable bonds is 8. The largest absolute Gasteiger partial charge is 0.434 e. The third-order valence-electron chi connectivity index (χ3n) is 10.8. The van der Waals surface area contributed by atoms with E-state index >= 15 is 0 Å². The first-order chi connectivity index (χ1) is 21.2. The molecule has 2 aromatic rings. The molecule has 2 amide bonds. The highest BCUT2D eigenvalue weighted by atomic mass is 19.1. The number of anilines is 1. The van der Waals surface area contributed by atoms with Crippen molar-refractivity contribution in [2.45, 2.75) is 95.7 Å². The molecule has 11 heteroatoms. The summed E-state index contributed by atoms with van der Waals surface area (Å²) in [5.74, 6) is 1.33. The van der Waals surface area contributed by atoms with E-state index in [2.05, 4.69) is 30.3 Å². The topological polar surface area (TPSA) is 104 Å². The number of hydrogen-bond donors (Lipinski definition) is 1. The van der Waals surface area contributed by atoms with Gasteiger partial charge in [0, 0.05) is 49.1 Å². The van der Waals surface area contributed by atoms with Gasteiger partial charge in [-0.05, 0) is 109 Å². The van der Waals surface area contributed by atoms with Gasteiger partial charge in [-0.25, -0.2) is 9.37 Å². The Kier molecular flexibility index (Phi) is 7.71. The quantitative estimate of drug-likeness (QED) is 0.467. The summed E-state index contributed by atoms with van der Waals surface area (Å²) in [6, 6.07) is 4.24. The Morgan fingerprint density at radius 2 is 1.86 bits per heavy atom. The standard InChI is InChI=1S/C33H44FN7O3/c1-22(2)41(25-4-5-25)31(43)26-17-24(34)3-6-27(26)44-30-29(35-21-36-38-30)40-19-32(20-40)13-15-39(16-14-32)18-23-7-10-33(11-8-23)12-9-28(42)37-33/h3,6,17,21-23,25H,4-5,7-16,18-20H2,1-2H3,(H,37,42)/t23-,33-. The number of halogens is 1. The molecule has 7 rings (SSSR count). The molecule has 3 saturated heterocycles. The Labute approximate surface area is 258 Å². The number of benzene rings is 1. The third-order valence-corrected chi connectivity index (χ3v) is 10.8. The second-order valence-electron chi connectivity index (χ2n) is 14.3. The maximum atomic E-state index is 14.3. The van der Waals surface area contributed by atoms with Crippen molar-refractivity contribution in [1.82, 2.24) is 30.3 Å². The lowest BCUT2D eigenvalue weighted by Gasteiger charge is -2.54. The SMILES string of the molecule is CC(C)N(C(=O)c1cc(F)ccc1Oc1nncnc1N1CC2(CCN(C[C@H]3CC[C@@]4(CCC(=O)N4)CC3)CC2)C1)C1CC1. The van der Waals surface area contributed by atoms with Crippen molar-refractivity contribution in [2.75, 3.05) is 37.6 Å². The van der Waals surface area contributed by atoms with Crippen molar-refractivity contribution < 1.29 is 18.7 Å². The van der Waals surface area contributed by atoms with E-state index in [9.17, 15) is 14.0 Å². The number of nitrogens with one attached hydrogen (secondary N) is 1. The molecule has 3 aliphatic heterocycles. The zero-order valence-electron chi connectivity index (χ0n) is 25.9. The molecular formula is C33H44FN7O3. The second kappa shape index (κ2) is 11.5. The second-order valence-corrected chi connectivity index (χ2v) is 14.3. The van der Waals surface area contributed by atoms with Crippen LogP contribution >= 0.6 is 0 Å². The van der Waals surface area contributed by atoms with Gasteiger partial charge in [-0.2, -0.15) is 0 Å². The highest BCUT2D eigenvalue weighted by Gasteiger charge is 2.47. The van der Waals surface area contributed by atoms with E-state index in [-0.39, 0.29) is 52.0 Å². The molecule has 44 heavy (non-hydrogen) atoms. The Hall–Kier alpha value is -3.34. The minimum Gasteiger partial charge on any atom is -0.434 e. The van der Waals surface area contributed by atoms with Crippen LogP contribution in [0.3, 0.4) is 0 Å². The van der Waals surface area contributed by atoms with E-state index in [0.717, 1.165) is 83.6 Å². The van der Waals surface area contributed by atoms with Gasteiger partial charge in [-0.15, -0.1) is 10.2 Å². The number of carbonyl (C=O) groups is 2. The van der Waals surface area contributed by atoms with E-state index < -0.39 is 5.82 Å². The lowest BCUT2D eigenvalue weighted by atomic mass is 9.71. The normalized spacial score (nSPS) is 26.6. The molecule has 0 atom stereocenters. The molecule has 0 bridgehead atoms. The van der Waals surface area contributed by atoms with Gasteiger partial charge in [0.1, 0.15) is 17.9 Å². The summed E-state index contributed by atoms with van der Waals surface area (Å²) >= 11 is 0. The molecule has 0 radical (unpaired) electrons. The first-order valence-corrected chi connectivity index (χ1v) is 16.5. The van der Waals surface area contributed by atoms with Crippen molar-refractivity contribution in [3.8, 4) is 11.6 Å². The number of piperidine rings is 1. The molecule has 2 aliphatic carbocycles. The molecule has 4 heterocycles. The number of carbonyl (C=O) groups excluding carboxylic acids is 2. The Morgan fingerprint density at radius 3 is 2.52 bits per heavy atom. The molecule has 1 aromatic heterocycles. The predicted molar refractivity (Wildman–Crippen MR) is 163 cm³/mol. The Morgan fingerprint density at radius 1 is 1.11 bits per heavy atom. The monoisotopic (exact) mass is 605 g/mol. The van der Waals surface area contributed by atoms with Gasteiger partial charge in [0.05, 0.1) is 5.56 Å². The zero-order valence-corrected chi connectivity index (χ0v) is 25.9. The predicted octanol–water partition coefficient (Wildman–Crippen LogP) is 4.56. The first-order valence-electron chi connectivity index (χ1n) is 16.5. The van der Waals surface area contributed by atoms with Gasteiger partial charge < -0.3 is 24.8 Å². The highest BCUT2D eigenvalue weighted by molar-refractivity contribution is 5.97. The van der Waals surface area contributed by atoms with Crippen LogP contribution in [-0.2, 0) is 4.79 Å². The van der Waals surface area contributed by atoms with Gasteiger partial charge in [0.2, 0.25) is 5.91 Å². The molecule has 5 aliphatic rings. The van der Waals surface area contributed by atoms with Crippen molar-refractivity contribution in [3.63, 3.8) is 0 Å². The lowest BCUT2D eigenvalue weighted by molar-refractivity contribution is -0.120. The van der Waals surface area contributed by atoms with E-state index in [1.54, 1.807) is 0 Å². The molecule has 2 spiro atoms. The maximum Gasteiger partial charge on any atom is 0.282 e. The molecular weight excluding hydrogens is 561 g/mol. The van der Waals surface area contributed by atoms with Gasteiger partial charge in [0.25, 0.3) is 11.8 Å². The first kappa shape index (κ1) is 29.4. The molecule has 1 N–H and O–H groups in total. The van der Waals surface area contributed by atoms with E-state index in [4.69, 9.17) is 4.74 Å². The number of hydrogen-bond acceptors (Lipinski definition) is 8. The summed E-state index contributed by atoms with van der Waals surface area (Å²) in [5.41, 5.74) is 0.532. The molecule has 236 valence electrons. The maximum absolute atomic E-state index is 14.3. The van der Waals surface area contributed by atoms with Gasteiger partial charge in [0.15, 0.2) is 5.82 Å². The van der Waals surface area contributed by atoms with Crippen LogP contribution in [0.2, 0.25) is 0 Å². The number of amides is 2. The summed E-state index contributed by atoms with van der Waals surface area (Å²) in [7, 11) is 0. The summed E-state index contributed by atoms with van der Waals surface area (Å²) in [6.45, 7) is 9.07. The van der Waals surface area contributed by atoms with E-state index in [1.807, 2.05) is 18.7 Å². The van der Waals surface area contributed by atoms with Crippen molar-refractivity contribution in [3.05, 3.63) is 35.9 Å². The summed E-state index contributed by atoms with van der Waals surface area (Å²) in [5, 5.41) is 11.5.